The summed E-state index contributed by atoms with van der Waals surface area (Å²) in [6, 6.07) is 6.63. The molecule has 2 aromatic rings. The molecule has 0 fully saturated rings. The molecule has 2 rings (SSSR count). The zero-order valence-corrected chi connectivity index (χ0v) is 9.79. The molecule has 98 valence electrons. The topological polar surface area (TPSA) is 43.1 Å². The Morgan fingerprint density at radius 2 is 1.79 bits per heavy atom. The zero-order chi connectivity index (χ0) is 14.0. The molecular weight excluding hydrogens is 255 g/mol. The van der Waals surface area contributed by atoms with Crippen LogP contribution in [-0.2, 0) is 6.42 Å². The molecule has 2 aromatic carbocycles. The first-order valence-corrected chi connectivity index (χ1v) is 5.50. The van der Waals surface area contributed by atoms with Crippen molar-refractivity contribution in [2.45, 2.75) is 6.42 Å². The van der Waals surface area contributed by atoms with Gasteiger partial charge < -0.3 is 5.73 Å². The summed E-state index contributed by atoms with van der Waals surface area (Å²) in [6.07, 6.45) is -0.378. The minimum Gasteiger partial charge on any atom is -0.396 e. The van der Waals surface area contributed by atoms with Crippen molar-refractivity contribution in [1.82, 2.24) is 0 Å². The van der Waals surface area contributed by atoms with Gasteiger partial charge in [-0.1, -0.05) is 6.07 Å². The fourth-order valence-corrected chi connectivity index (χ4v) is 1.73. The predicted octanol–water partition coefficient (Wildman–Crippen LogP) is 3.11. The molecule has 0 saturated carbocycles. The van der Waals surface area contributed by atoms with E-state index in [0.29, 0.717) is 0 Å². The SMILES string of the molecule is Nc1c(F)cccc1C(=O)Cc1cc(F)ccc1F. The fourth-order valence-electron chi connectivity index (χ4n) is 1.73. The standard InChI is InChI=1S/C14H10F3NO/c15-9-4-5-11(16)8(6-9)7-13(19)10-2-1-3-12(17)14(10)18/h1-6H,7,18H2. The largest absolute Gasteiger partial charge is 0.396 e. The number of para-hydroxylation sites is 1. The Balaban J connectivity index is 2.31. The van der Waals surface area contributed by atoms with Crippen LogP contribution in [0, 0.1) is 17.5 Å². The van der Waals surface area contributed by atoms with Crippen LogP contribution in [0.2, 0.25) is 0 Å². The van der Waals surface area contributed by atoms with Gasteiger partial charge in [-0.15, -0.1) is 0 Å². The zero-order valence-electron chi connectivity index (χ0n) is 9.79. The first kappa shape index (κ1) is 13.1. The molecule has 0 atom stereocenters. The van der Waals surface area contributed by atoms with Crippen molar-refractivity contribution in [3.05, 3.63) is 65.0 Å². The molecule has 2 nitrogen and oxygen atoms in total. The summed E-state index contributed by atoms with van der Waals surface area (Å²) in [4.78, 5) is 11.9. The van der Waals surface area contributed by atoms with E-state index < -0.39 is 23.2 Å². The Hall–Kier alpha value is -2.30. The van der Waals surface area contributed by atoms with Gasteiger partial charge in [-0.3, -0.25) is 4.79 Å². The predicted molar refractivity (Wildman–Crippen MR) is 65.2 cm³/mol. The van der Waals surface area contributed by atoms with Gasteiger partial charge in [0.2, 0.25) is 0 Å². The second kappa shape index (κ2) is 5.14. The monoisotopic (exact) mass is 265 g/mol. The fraction of sp³-hybridized carbons (Fsp3) is 0.0714. The number of ketones is 1. The molecule has 0 aromatic heterocycles. The highest BCUT2D eigenvalue weighted by molar-refractivity contribution is 6.02. The molecule has 0 aliphatic heterocycles. The van der Waals surface area contributed by atoms with E-state index in [1.807, 2.05) is 0 Å². The Morgan fingerprint density at radius 3 is 2.53 bits per heavy atom. The van der Waals surface area contributed by atoms with Crippen molar-refractivity contribution in [1.29, 1.82) is 0 Å². The third-order valence-corrected chi connectivity index (χ3v) is 2.71. The smallest absolute Gasteiger partial charge is 0.169 e. The number of nitrogen functional groups attached to an aromatic ring is 1. The molecule has 0 saturated heterocycles. The molecule has 0 aliphatic rings. The lowest BCUT2D eigenvalue weighted by Crippen LogP contribution is -2.09. The lowest BCUT2D eigenvalue weighted by atomic mass is 10.0. The number of anilines is 1. The number of hydrogen-bond donors (Lipinski definition) is 1. The maximum atomic E-state index is 13.4. The van der Waals surface area contributed by atoms with Crippen molar-refractivity contribution in [2.24, 2.45) is 0 Å². The van der Waals surface area contributed by atoms with E-state index in [0.717, 1.165) is 24.3 Å². The maximum Gasteiger partial charge on any atom is 0.169 e. The lowest BCUT2D eigenvalue weighted by molar-refractivity contribution is 0.0992. The summed E-state index contributed by atoms with van der Waals surface area (Å²) in [6.45, 7) is 0. The van der Waals surface area contributed by atoms with Gasteiger partial charge in [-0.2, -0.15) is 0 Å². The van der Waals surface area contributed by atoms with Crippen molar-refractivity contribution >= 4 is 11.5 Å². The van der Waals surface area contributed by atoms with Crippen LogP contribution in [0.15, 0.2) is 36.4 Å². The first-order valence-electron chi connectivity index (χ1n) is 5.50. The minimum atomic E-state index is -0.717. The number of carbonyl (C=O) groups is 1. The second-order valence-corrected chi connectivity index (χ2v) is 4.04. The number of carbonyl (C=O) groups excluding carboxylic acids is 1. The molecule has 0 heterocycles. The van der Waals surface area contributed by atoms with E-state index in [1.165, 1.54) is 12.1 Å². The highest BCUT2D eigenvalue weighted by Gasteiger charge is 2.15. The number of nitrogens with two attached hydrogens (primary N) is 1. The summed E-state index contributed by atoms with van der Waals surface area (Å²) in [5.74, 6) is -2.62. The van der Waals surface area contributed by atoms with E-state index in [2.05, 4.69) is 0 Å². The van der Waals surface area contributed by atoms with Gasteiger partial charge in [0.25, 0.3) is 0 Å². The van der Waals surface area contributed by atoms with Crippen LogP contribution in [-0.4, -0.2) is 5.78 Å². The van der Waals surface area contributed by atoms with Crippen LogP contribution in [0.1, 0.15) is 15.9 Å². The van der Waals surface area contributed by atoms with Crippen LogP contribution >= 0.6 is 0 Å². The second-order valence-electron chi connectivity index (χ2n) is 4.04. The van der Waals surface area contributed by atoms with E-state index in [-0.39, 0.29) is 23.2 Å². The van der Waals surface area contributed by atoms with Gasteiger partial charge >= 0.3 is 0 Å². The number of benzene rings is 2. The highest BCUT2D eigenvalue weighted by Crippen LogP contribution is 2.19. The third-order valence-electron chi connectivity index (χ3n) is 2.71. The summed E-state index contributed by atoms with van der Waals surface area (Å²) in [7, 11) is 0. The number of halogens is 3. The van der Waals surface area contributed by atoms with Gasteiger partial charge in [0, 0.05) is 12.0 Å². The van der Waals surface area contributed by atoms with E-state index in [1.54, 1.807) is 0 Å². The maximum absolute atomic E-state index is 13.4. The number of Topliss-reactive ketones (excluding diaryl/α,β-unsaturated/α-hetero) is 1. The van der Waals surface area contributed by atoms with Crippen molar-refractivity contribution < 1.29 is 18.0 Å². The molecule has 0 bridgehead atoms. The van der Waals surface area contributed by atoms with Crippen LogP contribution in [0.25, 0.3) is 0 Å². The average Bonchev–Trinajstić information content (AvgIpc) is 2.37. The first-order chi connectivity index (χ1) is 8.99. The molecule has 0 amide bonds. The summed E-state index contributed by atoms with van der Waals surface area (Å²) in [5, 5.41) is 0. The summed E-state index contributed by atoms with van der Waals surface area (Å²) >= 11 is 0. The van der Waals surface area contributed by atoms with Gasteiger partial charge in [0.1, 0.15) is 17.5 Å². The molecule has 0 aliphatic carbocycles. The summed E-state index contributed by atoms with van der Waals surface area (Å²) in [5.41, 5.74) is 5.03. The quantitative estimate of drug-likeness (QED) is 0.684. The highest BCUT2D eigenvalue weighted by atomic mass is 19.1. The Labute approximate surface area is 107 Å². The Bertz CT molecular complexity index is 641. The molecule has 5 heteroatoms. The van der Waals surface area contributed by atoms with Crippen molar-refractivity contribution in [2.75, 3.05) is 5.73 Å². The number of hydrogen-bond acceptors (Lipinski definition) is 2. The number of rotatable bonds is 3. The minimum absolute atomic E-state index is 0.0383. The van der Waals surface area contributed by atoms with Crippen LogP contribution in [0.5, 0.6) is 0 Å². The van der Waals surface area contributed by atoms with Crippen LogP contribution < -0.4 is 5.73 Å². The Morgan fingerprint density at radius 1 is 1.05 bits per heavy atom. The van der Waals surface area contributed by atoms with Crippen LogP contribution in [0.3, 0.4) is 0 Å². The van der Waals surface area contributed by atoms with E-state index in [9.17, 15) is 18.0 Å². The normalized spacial score (nSPS) is 10.5. The Kier molecular flexibility index (Phi) is 3.55. The van der Waals surface area contributed by atoms with E-state index in [4.69, 9.17) is 5.73 Å². The lowest BCUT2D eigenvalue weighted by Gasteiger charge is -2.06. The van der Waals surface area contributed by atoms with Crippen molar-refractivity contribution in [3.63, 3.8) is 0 Å². The summed E-state index contributed by atoms with van der Waals surface area (Å²) < 4.78 is 39.6. The third kappa shape index (κ3) is 2.76. The molecule has 0 spiro atoms. The van der Waals surface area contributed by atoms with Gasteiger partial charge in [0.15, 0.2) is 5.78 Å². The van der Waals surface area contributed by atoms with Gasteiger partial charge in [-0.25, -0.2) is 13.2 Å². The van der Waals surface area contributed by atoms with E-state index >= 15 is 0 Å². The molecule has 0 unspecified atom stereocenters. The van der Waals surface area contributed by atoms with Crippen LogP contribution in [0.4, 0.5) is 18.9 Å². The molecule has 2 N–H and O–H groups in total. The van der Waals surface area contributed by atoms with Gasteiger partial charge in [-0.05, 0) is 35.9 Å². The van der Waals surface area contributed by atoms with Crippen molar-refractivity contribution in [3.8, 4) is 0 Å². The van der Waals surface area contributed by atoms with Gasteiger partial charge in [0.05, 0.1) is 5.69 Å². The molecular formula is C14H10F3NO. The average molecular weight is 265 g/mol. The molecule has 19 heavy (non-hydrogen) atoms. The molecule has 0 radical (unpaired) electrons.